The second-order valence-electron chi connectivity index (χ2n) is 5.26. The quantitative estimate of drug-likeness (QED) is 0.789. The van der Waals surface area contributed by atoms with E-state index >= 15 is 0 Å². The molecule has 0 aliphatic carbocycles. The van der Waals surface area contributed by atoms with Crippen molar-refractivity contribution in [3.8, 4) is 0 Å². The van der Waals surface area contributed by atoms with E-state index in [1.54, 1.807) is 0 Å². The van der Waals surface area contributed by atoms with Gasteiger partial charge in [0.1, 0.15) is 0 Å². The highest BCUT2D eigenvalue weighted by molar-refractivity contribution is 7.99. The summed E-state index contributed by atoms with van der Waals surface area (Å²) in [6.07, 6.45) is 4.78. The monoisotopic (exact) mass is 271 g/mol. The van der Waals surface area contributed by atoms with Crippen LogP contribution < -0.4 is 11.1 Å². The fourth-order valence-electron chi connectivity index (χ4n) is 2.94. The summed E-state index contributed by atoms with van der Waals surface area (Å²) < 4.78 is 0. The number of piperidine rings is 1. The molecule has 2 aliphatic heterocycles. The van der Waals surface area contributed by atoms with Gasteiger partial charge in [-0.2, -0.15) is 11.8 Å². The Morgan fingerprint density at radius 2 is 2.11 bits per heavy atom. The van der Waals surface area contributed by atoms with Gasteiger partial charge in [0.25, 0.3) is 0 Å². The molecular formula is C13H25N3OS. The average molecular weight is 271 g/mol. The molecule has 0 aromatic carbocycles. The zero-order chi connectivity index (χ0) is 12.8. The van der Waals surface area contributed by atoms with E-state index in [2.05, 4.69) is 22.0 Å². The average Bonchev–Trinajstić information content (AvgIpc) is 2.46. The van der Waals surface area contributed by atoms with Crippen molar-refractivity contribution >= 4 is 17.7 Å². The third-order valence-corrected chi connectivity index (χ3v) is 5.02. The summed E-state index contributed by atoms with van der Waals surface area (Å²) in [4.78, 5) is 14.5. The van der Waals surface area contributed by atoms with Crippen LogP contribution >= 0.6 is 11.8 Å². The summed E-state index contributed by atoms with van der Waals surface area (Å²) in [5.74, 6) is 2.95. The summed E-state index contributed by atoms with van der Waals surface area (Å²) in [6.45, 7) is 3.26. The first kappa shape index (κ1) is 14.2. The fourth-order valence-corrected chi connectivity index (χ4v) is 4.02. The van der Waals surface area contributed by atoms with Crippen LogP contribution in [0.25, 0.3) is 0 Å². The Kier molecular flexibility index (Phi) is 5.79. The molecule has 0 spiro atoms. The fraction of sp³-hybridized carbons (Fsp3) is 0.923. The number of nitrogens with zero attached hydrogens (tertiary/aromatic N) is 1. The third-order valence-electron chi connectivity index (χ3n) is 3.97. The zero-order valence-corrected chi connectivity index (χ0v) is 11.9. The number of nitrogens with two attached hydrogens (primary N) is 1. The summed E-state index contributed by atoms with van der Waals surface area (Å²) in [5.41, 5.74) is 5.42. The van der Waals surface area contributed by atoms with Crippen LogP contribution in [0.5, 0.6) is 0 Å². The molecule has 0 aromatic heterocycles. The summed E-state index contributed by atoms with van der Waals surface area (Å²) in [6, 6.07) is 0.719. The topological polar surface area (TPSA) is 58.4 Å². The highest BCUT2D eigenvalue weighted by atomic mass is 32.2. The molecule has 0 bridgehead atoms. The maximum Gasteiger partial charge on any atom is 0.224 e. The Balaban J connectivity index is 1.81. The van der Waals surface area contributed by atoms with E-state index in [1.165, 1.54) is 30.9 Å². The van der Waals surface area contributed by atoms with Crippen molar-refractivity contribution in [2.45, 2.75) is 31.7 Å². The van der Waals surface area contributed by atoms with E-state index in [4.69, 9.17) is 5.73 Å². The lowest BCUT2D eigenvalue weighted by Gasteiger charge is -2.39. The summed E-state index contributed by atoms with van der Waals surface area (Å²) >= 11 is 2.06. The molecule has 2 heterocycles. The molecule has 1 unspecified atom stereocenters. The van der Waals surface area contributed by atoms with Gasteiger partial charge in [0.2, 0.25) is 5.91 Å². The Morgan fingerprint density at radius 1 is 1.33 bits per heavy atom. The van der Waals surface area contributed by atoms with Gasteiger partial charge in [-0.3, -0.25) is 9.69 Å². The molecule has 18 heavy (non-hydrogen) atoms. The molecule has 4 nitrogen and oxygen atoms in total. The smallest absolute Gasteiger partial charge is 0.224 e. The second kappa shape index (κ2) is 7.36. The minimum absolute atomic E-state index is 0.180. The maximum absolute atomic E-state index is 12.0. The van der Waals surface area contributed by atoms with E-state index in [1.807, 2.05) is 0 Å². The van der Waals surface area contributed by atoms with Gasteiger partial charge in [0, 0.05) is 25.7 Å². The number of likely N-dealkylation sites (tertiary alicyclic amines) is 1. The molecule has 0 radical (unpaired) electrons. The second-order valence-corrected chi connectivity index (χ2v) is 6.48. The van der Waals surface area contributed by atoms with Crippen molar-refractivity contribution in [1.29, 1.82) is 0 Å². The number of hydrogen-bond acceptors (Lipinski definition) is 4. The van der Waals surface area contributed by atoms with Crippen LogP contribution in [-0.4, -0.2) is 54.5 Å². The van der Waals surface area contributed by atoms with Gasteiger partial charge in [0.05, 0.1) is 5.92 Å². The van der Waals surface area contributed by atoms with Crippen molar-refractivity contribution in [2.75, 3.05) is 37.7 Å². The third kappa shape index (κ3) is 3.87. The van der Waals surface area contributed by atoms with Crippen LogP contribution in [0.1, 0.15) is 25.7 Å². The van der Waals surface area contributed by atoms with Crippen molar-refractivity contribution < 1.29 is 4.79 Å². The number of hydrogen-bond donors (Lipinski definition) is 2. The van der Waals surface area contributed by atoms with Crippen molar-refractivity contribution in [3.05, 3.63) is 0 Å². The molecule has 5 heteroatoms. The Hall–Kier alpha value is -0.260. The van der Waals surface area contributed by atoms with Gasteiger partial charge in [-0.25, -0.2) is 0 Å². The maximum atomic E-state index is 12.0. The molecule has 3 N–H and O–H groups in total. The Bertz CT molecular complexity index is 269. The van der Waals surface area contributed by atoms with E-state index in [0.29, 0.717) is 13.1 Å². The first-order valence-electron chi connectivity index (χ1n) is 7.11. The molecule has 2 rings (SSSR count). The van der Waals surface area contributed by atoms with Crippen LogP contribution in [0.4, 0.5) is 0 Å². The molecule has 0 aromatic rings. The van der Waals surface area contributed by atoms with Crippen molar-refractivity contribution in [2.24, 2.45) is 11.7 Å². The lowest BCUT2D eigenvalue weighted by molar-refractivity contribution is -0.127. The van der Waals surface area contributed by atoms with Crippen LogP contribution in [0.3, 0.4) is 0 Å². The number of amides is 1. The number of carbonyl (C=O) groups excluding carboxylic acids is 1. The minimum Gasteiger partial charge on any atom is -0.355 e. The van der Waals surface area contributed by atoms with E-state index < -0.39 is 0 Å². The predicted octanol–water partition coefficient (Wildman–Crippen LogP) is 0.669. The van der Waals surface area contributed by atoms with Gasteiger partial charge in [0.15, 0.2) is 0 Å². The first-order chi connectivity index (χ1) is 8.81. The Morgan fingerprint density at radius 3 is 2.83 bits per heavy atom. The number of nitrogens with one attached hydrogen (secondary N) is 1. The molecule has 2 saturated heterocycles. The molecule has 2 aliphatic rings. The predicted molar refractivity (Wildman–Crippen MR) is 76.7 cm³/mol. The molecule has 1 atom stereocenters. The van der Waals surface area contributed by atoms with Gasteiger partial charge in [-0.1, -0.05) is 0 Å². The molecule has 1 amide bonds. The molecule has 2 fully saturated rings. The number of carbonyl (C=O) groups is 1. The highest BCUT2D eigenvalue weighted by Gasteiger charge is 2.30. The van der Waals surface area contributed by atoms with E-state index in [9.17, 15) is 4.79 Å². The van der Waals surface area contributed by atoms with Crippen molar-refractivity contribution in [1.82, 2.24) is 10.2 Å². The molecule has 104 valence electrons. The summed E-state index contributed by atoms with van der Waals surface area (Å²) in [5, 5.41) is 2.93. The largest absolute Gasteiger partial charge is 0.355 e. The van der Waals surface area contributed by atoms with Gasteiger partial charge in [-0.05, 0) is 43.7 Å². The van der Waals surface area contributed by atoms with Gasteiger partial charge < -0.3 is 11.1 Å². The van der Waals surface area contributed by atoms with Crippen LogP contribution in [0, 0.1) is 5.92 Å². The standard InChI is InChI=1S/C13H25N3OS/c14-5-6-15-13(17)11-2-1-7-16(10-11)12-3-8-18-9-4-12/h11-12H,1-10,14H2,(H,15,17). The lowest BCUT2D eigenvalue weighted by Crippen LogP contribution is -2.48. The summed E-state index contributed by atoms with van der Waals surface area (Å²) in [7, 11) is 0. The van der Waals surface area contributed by atoms with Crippen LogP contribution in [0.2, 0.25) is 0 Å². The number of rotatable bonds is 4. The minimum atomic E-state index is 0.180. The van der Waals surface area contributed by atoms with E-state index in [-0.39, 0.29) is 11.8 Å². The zero-order valence-electron chi connectivity index (χ0n) is 11.1. The number of thioether (sulfide) groups is 1. The Labute approximate surface area is 114 Å². The normalized spacial score (nSPS) is 27.1. The van der Waals surface area contributed by atoms with Crippen molar-refractivity contribution in [3.63, 3.8) is 0 Å². The van der Waals surface area contributed by atoms with Crippen LogP contribution in [-0.2, 0) is 4.79 Å². The van der Waals surface area contributed by atoms with Gasteiger partial charge in [-0.15, -0.1) is 0 Å². The molecule has 0 saturated carbocycles. The van der Waals surface area contributed by atoms with Gasteiger partial charge >= 0.3 is 0 Å². The lowest BCUT2D eigenvalue weighted by atomic mass is 9.94. The molecular weight excluding hydrogens is 246 g/mol. The van der Waals surface area contributed by atoms with Crippen LogP contribution in [0.15, 0.2) is 0 Å². The SMILES string of the molecule is NCCNC(=O)C1CCCN(C2CCSCC2)C1. The highest BCUT2D eigenvalue weighted by Crippen LogP contribution is 2.26. The van der Waals surface area contributed by atoms with E-state index in [0.717, 1.165) is 25.4 Å². The first-order valence-corrected chi connectivity index (χ1v) is 8.26.